The van der Waals surface area contributed by atoms with Crippen LogP contribution in [0.3, 0.4) is 0 Å². The van der Waals surface area contributed by atoms with Gasteiger partial charge in [-0.15, -0.1) is 10.5 Å². The fourth-order valence-electron chi connectivity index (χ4n) is 0.813. The Morgan fingerprint density at radius 1 is 1.33 bits per heavy atom. The number of hydrogen-bond donors (Lipinski definition) is 0. The third-order valence-corrected chi connectivity index (χ3v) is 1.36. The molecule has 0 aromatic carbocycles. The first kappa shape index (κ1) is 9.12. The SMILES string of the molecule is CC(C)OCCCC1=NN=N[N]1. The third kappa shape index (κ3) is 3.43. The van der Waals surface area contributed by atoms with Crippen LogP contribution in [0.4, 0.5) is 0 Å². The smallest absolute Gasteiger partial charge is 0.177 e. The van der Waals surface area contributed by atoms with E-state index in [1.54, 1.807) is 0 Å². The van der Waals surface area contributed by atoms with Gasteiger partial charge in [0.1, 0.15) is 0 Å². The van der Waals surface area contributed by atoms with Gasteiger partial charge in [0, 0.05) is 13.0 Å². The summed E-state index contributed by atoms with van der Waals surface area (Å²) in [5, 5.41) is 10.5. The molecule has 1 heterocycles. The van der Waals surface area contributed by atoms with Gasteiger partial charge in [-0.05, 0) is 30.7 Å². The first-order valence-corrected chi connectivity index (χ1v) is 4.08. The second-order valence-electron chi connectivity index (χ2n) is 2.82. The Hall–Kier alpha value is -0.970. The topological polar surface area (TPSA) is 60.4 Å². The molecule has 0 N–H and O–H groups in total. The molecule has 0 amide bonds. The average molecular weight is 169 g/mol. The van der Waals surface area contributed by atoms with Gasteiger partial charge >= 0.3 is 0 Å². The van der Waals surface area contributed by atoms with Crippen molar-refractivity contribution in [3.05, 3.63) is 0 Å². The standard InChI is InChI=1S/C7H13N4O/c1-6(2)12-5-3-4-7-8-10-11-9-7/h6H,3-5H2,1-2H3. The second kappa shape index (κ2) is 4.82. The Bertz CT molecular complexity index is 188. The lowest BCUT2D eigenvalue weighted by Gasteiger charge is -2.05. The third-order valence-electron chi connectivity index (χ3n) is 1.36. The summed E-state index contributed by atoms with van der Waals surface area (Å²) in [6, 6.07) is 0. The van der Waals surface area contributed by atoms with E-state index < -0.39 is 0 Å². The Labute approximate surface area is 71.9 Å². The normalized spacial score (nSPS) is 15.1. The lowest BCUT2D eigenvalue weighted by molar-refractivity contribution is 0.0779. The maximum absolute atomic E-state index is 5.34. The van der Waals surface area contributed by atoms with Crippen LogP contribution in [0.15, 0.2) is 15.5 Å². The number of hydrogen-bond acceptors (Lipinski definition) is 4. The number of amidine groups is 1. The number of ether oxygens (including phenoxy) is 1. The molecule has 1 radical (unpaired) electrons. The molecule has 5 nitrogen and oxygen atoms in total. The van der Waals surface area contributed by atoms with Crippen molar-refractivity contribution in [3.63, 3.8) is 0 Å². The Morgan fingerprint density at radius 3 is 2.75 bits per heavy atom. The lowest BCUT2D eigenvalue weighted by Crippen LogP contribution is -2.09. The molecule has 0 aliphatic carbocycles. The van der Waals surface area contributed by atoms with Crippen LogP contribution in [0.5, 0.6) is 0 Å². The minimum Gasteiger partial charge on any atom is -0.379 e. The number of rotatable bonds is 5. The van der Waals surface area contributed by atoms with Crippen molar-refractivity contribution in [2.45, 2.75) is 32.8 Å². The largest absolute Gasteiger partial charge is 0.379 e. The molecule has 1 aliphatic rings. The summed E-state index contributed by atoms with van der Waals surface area (Å²) >= 11 is 0. The fraction of sp³-hybridized carbons (Fsp3) is 0.857. The summed E-state index contributed by atoms with van der Waals surface area (Å²) in [6.45, 7) is 4.77. The first-order chi connectivity index (χ1) is 5.79. The van der Waals surface area contributed by atoms with Crippen LogP contribution < -0.4 is 5.43 Å². The zero-order valence-corrected chi connectivity index (χ0v) is 7.40. The van der Waals surface area contributed by atoms with Crippen LogP contribution in [0.1, 0.15) is 26.7 Å². The highest BCUT2D eigenvalue weighted by Gasteiger charge is 2.04. The first-order valence-electron chi connectivity index (χ1n) is 4.08. The zero-order valence-electron chi connectivity index (χ0n) is 7.40. The molecule has 0 fully saturated rings. The van der Waals surface area contributed by atoms with E-state index in [4.69, 9.17) is 4.74 Å². The van der Waals surface area contributed by atoms with Gasteiger partial charge in [-0.3, -0.25) is 0 Å². The summed E-state index contributed by atoms with van der Waals surface area (Å²) in [6.07, 6.45) is 2.01. The molecule has 5 heteroatoms. The Balaban J connectivity index is 1.96. The summed E-state index contributed by atoms with van der Waals surface area (Å²) in [5.41, 5.74) is 3.71. The van der Waals surface area contributed by atoms with Crippen molar-refractivity contribution in [1.82, 2.24) is 5.43 Å². The molecular weight excluding hydrogens is 156 g/mol. The lowest BCUT2D eigenvalue weighted by atomic mass is 10.3. The molecule has 12 heavy (non-hydrogen) atoms. The average Bonchev–Trinajstić information content (AvgIpc) is 2.49. The highest BCUT2D eigenvalue weighted by molar-refractivity contribution is 5.81. The molecule has 0 spiro atoms. The predicted molar refractivity (Wildman–Crippen MR) is 44.7 cm³/mol. The van der Waals surface area contributed by atoms with Gasteiger partial charge in [0.05, 0.1) is 6.10 Å². The molecule has 0 atom stereocenters. The molecule has 1 rings (SSSR count). The molecule has 0 saturated heterocycles. The highest BCUT2D eigenvalue weighted by Crippen LogP contribution is 2.00. The number of nitrogens with zero attached hydrogens (tertiary/aromatic N) is 4. The van der Waals surface area contributed by atoms with Gasteiger partial charge in [-0.1, -0.05) is 0 Å². The Morgan fingerprint density at radius 2 is 2.17 bits per heavy atom. The summed E-state index contributed by atoms with van der Waals surface area (Å²) in [4.78, 5) is 0. The van der Waals surface area contributed by atoms with Gasteiger partial charge in [-0.25, -0.2) is 0 Å². The summed E-state index contributed by atoms with van der Waals surface area (Å²) < 4.78 is 5.34. The highest BCUT2D eigenvalue weighted by atomic mass is 16.5. The second-order valence-corrected chi connectivity index (χ2v) is 2.82. The van der Waals surface area contributed by atoms with E-state index in [2.05, 4.69) is 21.0 Å². The van der Waals surface area contributed by atoms with E-state index in [1.807, 2.05) is 13.8 Å². The van der Waals surface area contributed by atoms with Crippen LogP contribution in [-0.2, 0) is 4.74 Å². The van der Waals surface area contributed by atoms with Crippen LogP contribution in [0, 0.1) is 0 Å². The van der Waals surface area contributed by atoms with E-state index in [0.29, 0.717) is 11.9 Å². The molecule has 0 aromatic rings. The monoisotopic (exact) mass is 169 g/mol. The molecule has 1 aliphatic heterocycles. The minimum absolute atomic E-state index is 0.293. The van der Waals surface area contributed by atoms with Gasteiger partial charge in [-0.2, -0.15) is 0 Å². The summed E-state index contributed by atoms with van der Waals surface area (Å²) in [7, 11) is 0. The van der Waals surface area contributed by atoms with Crippen molar-refractivity contribution < 1.29 is 4.74 Å². The fourth-order valence-corrected chi connectivity index (χ4v) is 0.813. The zero-order chi connectivity index (χ0) is 8.81. The molecule has 0 bridgehead atoms. The summed E-state index contributed by atoms with van der Waals surface area (Å²) in [5.74, 6) is 0.697. The molecular formula is C7H13N4O. The van der Waals surface area contributed by atoms with Gasteiger partial charge in [0.15, 0.2) is 5.84 Å². The van der Waals surface area contributed by atoms with E-state index >= 15 is 0 Å². The van der Waals surface area contributed by atoms with E-state index in [-0.39, 0.29) is 0 Å². The van der Waals surface area contributed by atoms with E-state index in [1.165, 1.54) is 0 Å². The Kier molecular flexibility index (Phi) is 3.66. The van der Waals surface area contributed by atoms with Crippen LogP contribution >= 0.6 is 0 Å². The van der Waals surface area contributed by atoms with Gasteiger partial charge in [0.25, 0.3) is 0 Å². The molecule has 67 valence electrons. The van der Waals surface area contributed by atoms with Crippen molar-refractivity contribution in [2.75, 3.05) is 6.61 Å². The van der Waals surface area contributed by atoms with Crippen LogP contribution in [0.2, 0.25) is 0 Å². The van der Waals surface area contributed by atoms with Crippen molar-refractivity contribution >= 4 is 5.84 Å². The quantitative estimate of drug-likeness (QED) is 0.575. The minimum atomic E-state index is 0.293. The van der Waals surface area contributed by atoms with Gasteiger partial charge < -0.3 is 4.74 Å². The van der Waals surface area contributed by atoms with Gasteiger partial charge in [0.2, 0.25) is 0 Å². The molecule has 0 aromatic heterocycles. The van der Waals surface area contributed by atoms with Crippen molar-refractivity contribution in [2.24, 2.45) is 15.5 Å². The molecule has 0 saturated carbocycles. The van der Waals surface area contributed by atoms with E-state index in [0.717, 1.165) is 19.4 Å². The molecule has 0 unspecified atom stereocenters. The maximum atomic E-state index is 5.34. The van der Waals surface area contributed by atoms with E-state index in [9.17, 15) is 0 Å². The van der Waals surface area contributed by atoms with Crippen molar-refractivity contribution in [3.8, 4) is 0 Å². The van der Waals surface area contributed by atoms with Crippen molar-refractivity contribution in [1.29, 1.82) is 0 Å². The van der Waals surface area contributed by atoms with Crippen LogP contribution in [0.25, 0.3) is 0 Å². The van der Waals surface area contributed by atoms with Crippen LogP contribution in [-0.4, -0.2) is 18.5 Å². The predicted octanol–water partition coefficient (Wildman–Crippen LogP) is 1.49. The maximum Gasteiger partial charge on any atom is 0.177 e.